The lowest BCUT2D eigenvalue weighted by Crippen LogP contribution is -2.15. The molecule has 1 amide bonds. The van der Waals surface area contributed by atoms with Crippen LogP contribution in [0.25, 0.3) is 10.8 Å². The Kier molecular flexibility index (Phi) is 5.48. The van der Waals surface area contributed by atoms with Crippen molar-refractivity contribution in [2.45, 2.75) is 18.7 Å². The fourth-order valence-electron chi connectivity index (χ4n) is 3.50. The largest absolute Gasteiger partial charge is 0.322 e. The van der Waals surface area contributed by atoms with Crippen molar-refractivity contribution in [3.63, 3.8) is 0 Å². The van der Waals surface area contributed by atoms with E-state index in [-0.39, 0.29) is 10.8 Å². The lowest BCUT2D eigenvalue weighted by molar-refractivity contribution is 0.102. The van der Waals surface area contributed by atoms with E-state index in [1.54, 1.807) is 24.3 Å². The van der Waals surface area contributed by atoms with Crippen molar-refractivity contribution in [2.75, 3.05) is 10.0 Å². The Morgan fingerprint density at radius 2 is 1.52 bits per heavy atom. The molecule has 0 radical (unpaired) electrons. The molecule has 0 fully saturated rings. The summed E-state index contributed by atoms with van der Waals surface area (Å²) in [6, 6.07) is 24.8. The first-order chi connectivity index (χ1) is 14.8. The zero-order valence-corrected chi connectivity index (χ0v) is 18.0. The van der Waals surface area contributed by atoms with Crippen LogP contribution in [0, 0.1) is 13.8 Å². The molecule has 4 aromatic rings. The number of amides is 1. The fraction of sp³-hybridized carbons (Fsp3) is 0.0800. The first-order valence-electron chi connectivity index (χ1n) is 9.83. The normalized spacial score (nSPS) is 11.3. The van der Waals surface area contributed by atoms with Crippen molar-refractivity contribution in [2.24, 2.45) is 0 Å². The Bertz CT molecular complexity index is 1370. The number of benzene rings is 4. The van der Waals surface area contributed by atoms with Gasteiger partial charge >= 0.3 is 0 Å². The van der Waals surface area contributed by atoms with Gasteiger partial charge in [0.1, 0.15) is 0 Å². The van der Waals surface area contributed by atoms with E-state index in [0.717, 1.165) is 21.9 Å². The second-order valence-corrected chi connectivity index (χ2v) is 9.11. The maximum Gasteiger partial charge on any atom is 0.261 e. The zero-order valence-electron chi connectivity index (χ0n) is 17.2. The molecule has 5 nitrogen and oxygen atoms in total. The molecular weight excluding hydrogens is 408 g/mol. The Hall–Kier alpha value is -3.64. The van der Waals surface area contributed by atoms with Crippen LogP contribution in [-0.2, 0) is 10.0 Å². The highest BCUT2D eigenvalue weighted by atomic mass is 32.2. The molecule has 0 aromatic heterocycles. The molecule has 2 N–H and O–H groups in total. The van der Waals surface area contributed by atoms with Crippen molar-refractivity contribution < 1.29 is 13.2 Å². The van der Waals surface area contributed by atoms with Crippen molar-refractivity contribution in [1.82, 2.24) is 0 Å². The molecule has 0 aliphatic heterocycles. The number of anilines is 2. The molecule has 0 bridgehead atoms. The molecule has 4 aromatic carbocycles. The lowest BCUT2D eigenvalue weighted by Gasteiger charge is -2.12. The number of carbonyl (C=O) groups excluding carboxylic acids is 1. The van der Waals surface area contributed by atoms with Crippen LogP contribution in [0.3, 0.4) is 0 Å². The third-order valence-corrected chi connectivity index (χ3v) is 6.46. The number of aryl methyl sites for hydroxylation is 2. The number of rotatable bonds is 5. The second-order valence-electron chi connectivity index (χ2n) is 7.43. The van der Waals surface area contributed by atoms with Crippen LogP contribution in [0.2, 0.25) is 0 Å². The third-order valence-electron chi connectivity index (χ3n) is 5.08. The summed E-state index contributed by atoms with van der Waals surface area (Å²) in [4.78, 5) is 12.7. The first-order valence-corrected chi connectivity index (χ1v) is 11.3. The monoisotopic (exact) mass is 430 g/mol. The van der Waals surface area contributed by atoms with E-state index in [0.29, 0.717) is 16.9 Å². The number of hydrogen-bond acceptors (Lipinski definition) is 3. The summed E-state index contributed by atoms with van der Waals surface area (Å²) in [6.45, 7) is 3.86. The van der Waals surface area contributed by atoms with Crippen LogP contribution < -0.4 is 10.0 Å². The lowest BCUT2D eigenvalue weighted by atomic mass is 10.1. The molecular formula is C25H22N2O3S. The molecule has 0 heterocycles. The van der Waals surface area contributed by atoms with Crippen molar-refractivity contribution in [1.29, 1.82) is 0 Å². The average Bonchev–Trinajstić information content (AvgIpc) is 2.74. The van der Waals surface area contributed by atoms with Gasteiger partial charge in [-0.25, -0.2) is 8.42 Å². The smallest absolute Gasteiger partial charge is 0.261 e. The van der Waals surface area contributed by atoms with Gasteiger partial charge in [-0.1, -0.05) is 54.1 Å². The first kappa shape index (κ1) is 20.6. The van der Waals surface area contributed by atoms with Gasteiger partial charge in [-0.3, -0.25) is 9.52 Å². The van der Waals surface area contributed by atoms with Gasteiger partial charge in [-0.2, -0.15) is 0 Å². The average molecular weight is 431 g/mol. The van der Waals surface area contributed by atoms with Crippen molar-refractivity contribution in [3.05, 3.63) is 102 Å². The van der Waals surface area contributed by atoms with Crippen LogP contribution in [0.4, 0.5) is 11.4 Å². The van der Waals surface area contributed by atoms with Gasteiger partial charge in [0, 0.05) is 16.6 Å². The molecule has 0 aliphatic carbocycles. The summed E-state index contributed by atoms with van der Waals surface area (Å²) >= 11 is 0. The standard InChI is InChI=1S/C25H22N2O3S/c1-17-10-15-22(18(2)16-17)25(28)26-20-11-13-21(14-12-20)31(29,30)27-24-9-5-7-19-6-3-4-8-23(19)24/h3-16,27H,1-2H3,(H,26,28). The van der Waals surface area contributed by atoms with Crippen LogP contribution in [0.15, 0.2) is 89.8 Å². The van der Waals surface area contributed by atoms with Crippen molar-refractivity contribution >= 4 is 38.1 Å². The van der Waals surface area contributed by atoms with E-state index < -0.39 is 10.0 Å². The molecule has 0 saturated heterocycles. The summed E-state index contributed by atoms with van der Waals surface area (Å²) in [5, 5.41) is 4.59. The van der Waals surface area contributed by atoms with Gasteiger partial charge in [0.15, 0.2) is 0 Å². The maximum absolute atomic E-state index is 12.9. The molecule has 31 heavy (non-hydrogen) atoms. The Morgan fingerprint density at radius 3 is 2.26 bits per heavy atom. The van der Waals surface area contributed by atoms with Gasteiger partial charge < -0.3 is 5.32 Å². The molecule has 0 aliphatic rings. The highest BCUT2D eigenvalue weighted by Gasteiger charge is 2.16. The van der Waals surface area contributed by atoms with Gasteiger partial charge in [0.05, 0.1) is 10.6 Å². The highest BCUT2D eigenvalue weighted by molar-refractivity contribution is 7.92. The zero-order chi connectivity index (χ0) is 22.0. The summed E-state index contributed by atoms with van der Waals surface area (Å²) in [7, 11) is -3.78. The van der Waals surface area contributed by atoms with Crippen molar-refractivity contribution in [3.8, 4) is 0 Å². The Morgan fingerprint density at radius 1 is 0.806 bits per heavy atom. The number of carbonyl (C=O) groups is 1. The van der Waals surface area contributed by atoms with E-state index in [9.17, 15) is 13.2 Å². The predicted molar refractivity (Wildman–Crippen MR) is 125 cm³/mol. The topological polar surface area (TPSA) is 75.3 Å². The summed E-state index contributed by atoms with van der Waals surface area (Å²) in [5.41, 5.74) is 3.60. The number of fused-ring (bicyclic) bond motifs is 1. The molecule has 0 spiro atoms. The molecule has 0 atom stereocenters. The van der Waals surface area contributed by atoms with Crippen LogP contribution in [-0.4, -0.2) is 14.3 Å². The Labute approximate surface area is 181 Å². The minimum atomic E-state index is -3.78. The number of nitrogens with one attached hydrogen (secondary N) is 2. The fourth-order valence-corrected chi connectivity index (χ4v) is 4.58. The number of hydrogen-bond donors (Lipinski definition) is 2. The minimum Gasteiger partial charge on any atom is -0.322 e. The minimum absolute atomic E-state index is 0.116. The second kappa shape index (κ2) is 8.24. The van der Waals surface area contributed by atoms with E-state index in [1.165, 1.54) is 12.1 Å². The van der Waals surface area contributed by atoms with E-state index in [1.807, 2.05) is 62.4 Å². The molecule has 6 heteroatoms. The van der Waals surface area contributed by atoms with Crippen LogP contribution in [0.5, 0.6) is 0 Å². The van der Waals surface area contributed by atoms with Gasteiger partial charge in [-0.05, 0) is 61.2 Å². The summed E-state index contributed by atoms with van der Waals surface area (Å²) in [5.74, 6) is -0.234. The SMILES string of the molecule is Cc1ccc(C(=O)Nc2ccc(S(=O)(=O)Nc3cccc4ccccc34)cc2)c(C)c1. The Balaban J connectivity index is 1.53. The summed E-state index contributed by atoms with van der Waals surface area (Å²) in [6.07, 6.45) is 0. The van der Waals surface area contributed by atoms with E-state index in [2.05, 4.69) is 10.0 Å². The quantitative estimate of drug-likeness (QED) is 0.438. The van der Waals surface area contributed by atoms with Crippen LogP contribution >= 0.6 is 0 Å². The number of sulfonamides is 1. The molecule has 0 unspecified atom stereocenters. The molecule has 156 valence electrons. The van der Waals surface area contributed by atoms with Gasteiger partial charge in [0.25, 0.3) is 15.9 Å². The maximum atomic E-state index is 12.9. The van der Waals surface area contributed by atoms with E-state index in [4.69, 9.17) is 0 Å². The third kappa shape index (κ3) is 4.44. The van der Waals surface area contributed by atoms with E-state index >= 15 is 0 Å². The molecule has 4 rings (SSSR count). The van der Waals surface area contributed by atoms with Crippen LogP contribution in [0.1, 0.15) is 21.5 Å². The van der Waals surface area contributed by atoms with Gasteiger partial charge in [0.2, 0.25) is 0 Å². The summed E-state index contributed by atoms with van der Waals surface area (Å²) < 4.78 is 28.4. The predicted octanol–water partition coefficient (Wildman–Crippen LogP) is 5.51. The van der Waals surface area contributed by atoms with Gasteiger partial charge in [-0.15, -0.1) is 0 Å². The highest BCUT2D eigenvalue weighted by Crippen LogP contribution is 2.26. The molecule has 0 saturated carbocycles.